The summed E-state index contributed by atoms with van der Waals surface area (Å²) in [7, 11) is 0. The van der Waals surface area contributed by atoms with Gasteiger partial charge in [-0.15, -0.1) is 0 Å². The summed E-state index contributed by atoms with van der Waals surface area (Å²) in [5, 5.41) is 12.7. The van der Waals surface area contributed by atoms with Gasteiger partial charge in [-0.2, -0.15) is 0 Å². The first-order valence-electron chi connectivity index (χ1n) is 9.25. The molecule has 1 aromatic heterocycles. The molecule has 0 saturated heterocycles. The highest BCUT2D eigenvalue weighted by atomic mass is 35.5. The highest BCUT2D eigenvalue weighted by molar-refractivity contribution is 6.35. The van der Waals surface area contributed by atoms with Crippen LogP contribution >= 0.6 is 11.6 Å². The summed E-state index contributed by atoms with van der Waals surface area (Å²) in [5.74, 6) is 0. The molecule has 1 unspecified atom stereocenters. The molecule has 4 heteroatoms. The molecule has 1 aliphatic heterocycles. The minimum absolute atomic E-state index is 0.426. The molecule has 3 aromatic rings. The number of fused-ring (bicyclic) bond motifs is 2. The number of aliphatic hydroxyl groups excluding tert-OH is 1. The van der Waals surface area contributed by atoms with Gasteiger partial charge in [-0.1, -0.05) is 48.0 Å². The van der Waals surface area contributed by atoms with Crippen molar-refractivity contribution >= 4 is 22.5 Å². The summed E-state index contributed by atoms with van der Waals surface area (Å²) in [6.07, 6.45) is 0.629. The van der Waals surface area contributed by atoms with E-state index in [4.69, 9.17) is 11.6 Å². The number of nitrogens with zero attached hydrogens (tertiary/aromatic N) is 2. The number of para-hydroxylation sites is 1. The van der Waals surface area contributed by atoms with Crippen LogP contribution in [0.3, 0.4) is 0 Å². The zero-order chi connectivity index (χ0) is 18.3. The Bertz CT molecular complexity index is 947. The molecule has 0 saturated carbocycles. The Kier molecular flexibility index (Phi) is 4.78. The second-order valence-electron chi connectivity index (χ2n) is 7.36. The average molecular weight is 369 g/mol. The maximum Gasteiger partial charge on any atom is 0.0845 e. The number of hydrogen-bond acceptors (Lipinski definition) is 2. The molecule has 0 bridgehead atoms. The van der Waals surface area contributed by atoms with Crippen LogP contribution in [-0.2, 0) is 19.5 Å². The van der Waals surface area contributed by atoms with E-state index in [1.165, 1.54) is 27.8 Å². The molecular weight excluding hydrogens is 344 g/mol. The van der Waals surface area contributed by atoms with Gasteiger partial charge in [0.25, 0.3) is 0 Å². The van der Waals surface area contributed by atoms with E-state index in [-0.39, 0.29) is 0 Å². The van der Waals surface area contributed by atoms with Crippen LogP contribution in [0, 0.1) is 13.8 Å². The molecule has 1 aliphatic rings. The van der Waals surface area contributed by atoms with Crippen LogP contribution in [-0.4, -0.2) is 33.8 Å². The number of hydrogen-bond donors (Lipinski definition) is 1. The molecule has 0 fully saturated rings. The van der Waals surface area contributed by atoms with Gasteiger partial charge in [0.1, 0.15) is 0 Å². The van der Waals surface area contributed by atoms with E-state index >= 15 is 0 Å². The van der Waals surface area contributed by atoms with Crippen molar-refractivity contribution in [2.24, 2.45) is 0 Å². The molecular formula is C22H25ClN2O. The fourth-order valence-corrected chi connectivity index (χ4v) is 4.44. The van der Waals surface area contributed by atoms with Crippen LogP contribution in [0.1, 0.15) is 22.4 Å². The van der Waals surface area contributed by atoms with Crippen LogP contribution in [0.2, 0.25) is 5.02 Å². The number of aryl methyl sites for hydroxylation is 1. The molecule has 0 spiro atoms. The van der Waals surface area contributed by atoms with Crippen LogP contribution < -0.4 is 0 Å². The van der Waals surface area contributed by atoms with E-state index in [9.17, 15) is 5.11 Å². The lowest BCUT2D eigenvalue weighted by Crippen LogP contribution is -2.38. The van der Waals surface area contributed by atoms with Gasteiger partial charge in [0, 0.05) is 30.7 Å². The first-order chi connectivity index (χ1) is 12.5. The lowest BCUT2D eigenvalue weighted by Gasteiger charge is -2.30. The third kappa shape index (κ3) is 3.16. The number of benzene rings is 2. The van der Waals surface area contributed by atoms with Gasteiger partial charge in [-0.3, -0.25) is 4.90 Å². The third-order valence-corrected chi connectivity index (χ3v) is 5.99. The van der Waals surface area contributed by atoms with E-state index in [0.717, 1.165) is 30.0 Å². The van der Waals surface area contributed by atoms with Crippen LogP contribution in [0.5, 0.6) is 0 Å². The molecule has 0 radical (unpaired) electrons. The zero-order valence-corrected chi connectivity index (χ0v) is 16.1. The van der Waals surface area contributed by atoms with Gasteiger partial charge in [0.05, 0.1) is 23.2 Å². The third-order valence-electron chi connectivity index (χ3n) is 5.68. The smallest absolute Gasteiger partial charge is 0.0845 e. The van der Waals surface area contributed by atoms with E-state index in [1.54, 1.807) is 0 Å². The van der Waals surface area contributed by atoms with Crippen molar-refractivity contribution in [1.29, 1.82) is 0 Å². The number of aliphatic hydroxyl groups is 1. The maximum absolute atomic E-state index is 10.8. The highest BCUT2D eigenvalue weighted by Gasteiger charge is 2.21. The van der Waals surface area contributed by atoms with Gasteiger partial charge in [0.15, 0.2) is 0 Å². The quantitative estimate of drug-likeness (QED) is 0.742. The minimum atomic E-state index is -0.426. The summed E-state index contributed by atoms with van der Waals surface area (Å²) in [4.78, 5) is 2.35. The molecule has 0 aliphatic carbocycles. The second kappa shape index (κ2) is 7.07. The van der Waals surface area contributed by atoms with Gasteiger partial charge < -0.3 is 9.67 Å². The minimum Gasteiger partial charge on any atom is -0.390 e. The Hall–Kier alpha value is -1.81. The van der Waals surface area contributed by atoms with Gasteiger partial charge in [-0.05, 0) is 43.0 Å². The van der Waals surface area contributed by atoms with Crippen LogP contribution in [0.15, 0.2) is 42.5 Å². The average Bonchev–Trinajstić information content (AvgIpc) is 2.88. The molecule has 1 atom stereocenters. The van der Waals surface area contributed by atoms with E-state index in [1.807, 2.05) is 12.1 Å². The Morgan fingerprint density at radius 2 is 1.81 bits per heavy atom. The molecule has 2 aromatic carbocycles. The fraction of sp³-hybridized carbons (Fsp3) is 0.364. The highest BCUT2D eigenvalue weighted by Crippen LogP contribution is 2.31. The normalized spacial score (nSPS) is 16.0. The predicted molar refractivity (Wildman–Crippen MR) is 108 cm³/mol. The molecule has 3 nitrogen and oxygen atoms in total. The molecule has 26 heavy (non-hydrogen) atoms. The Morgan fingerprint density at radius 3 is 2.62 bits per heavy atom. The van der Waals surface area contributed by atoms with Crippen molar-refractivity contribution in [3.63, 3.8) is 0 Å². The topological polar surface area (TPSA) is 28.4 Å². The summed E-state index contributed by atoms with van der Waals surface area (Å²) in [6, 6.07) is 14.6. The summed E-state index contributed by atoms with van der Waals surface area (Å²) in [5.41, 5.74) is 6.27. The van der Waals surface area contributed by atoms with Crippen molar-refractivity contribution < 1.29 is 5.11 Å². The van der Waals surface area contributed by atoms with Gasteiger partial charge >= 0.3 is 0 Å². The largest absolute Gasteiger partial charge is 0.390 e. The Morgan fingerprint density at radius 1 is 1.04 bits per heavy atom. The van der Waals surface area contributed by atoms with Crippen molar-refractivity contribution in [3.8, 4) is 0 Å². The SMILES string of the molecule is Cc1c(C)n(CC(O)CN2CCc3ccccc3C2)c2c(Cl)cccc12. The maximum atomic E-state index is 10.8. The molecule has 136 valence electrons. The molecule has 1 N–H and O–H groups in total. The van der Waals surface area contributed by atoms with Crippen molar-refractivity contribution in [3.05, 3.63) is 69.9 Å². The number of β-amino-alcohol motifs (C(OH)–C–C–N with tert-alkyl or cyclic N) is 1. The number of aromatic nitrogens is 1. The Labute approximate surface area is 159 Å². The number of rotatable bonds is 4. The summed E-state index contributed by atoms with van der Waals surface area (Å²) < 4.78 is 2.18. The molecule has 4 rings (SSSR count). The van der Waals surface area contributed by atoms with Gasteiger partial charge in [-0.25, -0.2) is 0 Å². The van der Waals surface area contributed by atoms with Crippen molar-refractivity contribution in [2.45, 2.75) is 39.5 Å². The number of halogens is 1. The summed E-state index contributed by atoms with van der Waals surface area (Å²) >= 11 is 6.47. The van der Waals surface area contributed by atoms with E-state index < -0.39 is 6.10 Å². The molecule has 2 heterocycles. The van der Waals surface area contributed by atoms with Crippen molar-refractivity contribution in [2.75, 3.05) is 13.1 Å². The van der Waals surface area contributed by atoms with E-state index in [0.29, 0.717) is 13.1 Å². The van der Waals surface area contributed by atoms with E-state index in [2.05, 4.69) is 53.6 Å². The first-order valence-corrected chi connectivity index (χ1v) is 9.63. The predicted octanol–water partition coefficient (Wildman–Crippen LogP) is 4.33. The van der Waals surface area contributed by atoms with Gasteiger partial charge in [0.2, 0.25) is 0 Å². The second-order valence-corrected chi connectivity index (χ2v) is 7.77. The lowest BCUT2D eigenvalue weighted by atomic mass is 10.00. The fourth-order valence-electron chi connectivity index (χ4n) is 4.16. The first kappa shape index (κ1) is 17.6. The van der Waals surface area contributed by atoms with Crippen LogP contribution in [0.25, 0.3) is 10.9 Å². The van der Waals surface area contributed by atoms with Crippen LogP contribution in [0.4, 0.5) is 0 Å². The lowest BCUT2D eigenvalue weighted by molar-refractivity contribution is 0.0923. The molecule has 0 amide bonds. The Balaban J connectivity index is 1.52. The zero-order valence-electron chi connectivity index (χ0n) is 15.4. The monoisotopic (exact) mass is 368 g/mol. The standard InChI is InChI=1S/C22H25ClN2O/c1-15-16(2)25(22-20(15)8-5-9-21(22)23)14-19(26)13-24-11-10-17-6-3-4-7-18(17)12-24/h3-9,19,26H,10-14H2,1-2H3. The van der Waals surface area contributed by atoms with Crippen molar-refractivity contribution in [1.82, 2.24) is 9.47 Å². The summed E-state index contributed by atoms with van der Waals surface area (Å²) in [6.45, 7) is 7.39.